The maximum absolute atomic E-state index is 12.0. The van der Waals surface area contributed by atoms with E-state index in [4.69, 9.17) is 11.2 Å². The third-order valence-electron chi connectivity index (χ3n) is 4.56. The fraction of sp³-hybridized carbons (Fsp3) is 0.286. The molecule has 0 radical (unpaired) electrons. The zero-order valence-electron chi connectivity index (χ0n) is 13.8. The minimum atomic E-state index is -0.412. The Morgan fingerprint density at radius 3 is 2.29 bits per heavy atom. The van der Waals surface area contributed by atoms with Crippen molar-refractivity contribution in [1.29, 1.82) is 0 Å². The summed E-state index contributed by atoms with van der Waals surface area (Å²) in [6.07, 6.45) is 5.83. The van der Waals surface area contributed by atoms with Crippen LogP contribution in [-0.2, 0) is 4.74 Å². The lowest BCUT2D eigenvalue weighted by Gasteiger charge is -2.15. The highest BCUT2D eigenvalue weighted by atomic mass is 16.5. The summed E-state index contributed by atoms with van der Waals surface area (Å²) in [4.78, 5) is 12.0. The molecule has 0 saturated carbocycles. The van der Waals surface area contributed by atoms with Crippen molar-refractivity contribution in [3.8, 4) is 23.5 Å². The highest BCUT2D eigenvalue weighted by Gasteiger charge is 2.28. The molecule has 0 aromatic heterocycles. The van der Waals surface area contributed by atoms with Crippen molar-refractivity contribution in [2.45, 2.75) is 19.3 Å². The van der Waals surface area contributed by atoms with Crippen LogP contribution in [0.2, 0.25) is 0 Å². The normalized spacial score (nSPS) is 13.5. The van der Waals surface area contributed by atoms with Crippen LogP contribution in [-0.4, -0.2) is 19.2 Å². The fourth-order valence-corrected chi connectivity index (χ4v) is 3.18. The second-order valence-electron chi connectivity index (χ2n) is 5.98. The molecule has 24 heavy (non-hydrogen) atoms. The minimum absolute atomic E-state index is 0.0467. The van der Waals surface area contributed by atoms with Gasteiger partial charge < -0.3 is 10.1 Å². The molecule has 0 fully saturated rings. The third kappa shape index (κ3) is 3.14. The van der Waals surface area contributed by atoms with E-state index in [-0.39, 0.29) is 11.8 Å². The topological polar surface area (TPSA) is 38.3 Å². The predicted molar refractivity (Wildman–Crippen MR) is 95.7 cm³/mol. The van der Waals surface area contributed by atoms with Gasteiger partial charge in [-0.2, -0.15) is 0 Å². The van der Waals surface area contributed by atoms with Crippen LogP contribution in [0, 0.1) is 18.3 Å². The molecular formula is C21H21NO2. The quantitative estimate of drug-likeness (QED) is 0.839. The number of nitrogens with one attached hydrogen (secondary N) is 1. The summed E-state index contributed by atoms with van der Waals surface area (Å²) in [5.74, 6) is 2.79. The molecule has 3 heteroatoms. The largest absolute Gasteiger partial charge is 0.449 e. The van der Waals surface area contributed by atoms with E-state index in [0.717, 1.165) is 6.42 Å². The summed E-state index contributed by atoms with van der Waals surface area (Å²) in [6.45, 7) is 2.78. The standard InChI is InChI=1S/C21H21NO2/c1-3-15(4-2)13-22-21(23)24-14-20-18-11-7-5-9-16(18)17-10-6-8-12-19(17)20/h1,5-12,15,20H,4,13-14H2,2H3,(H,22,23). The average molecular weight is 319 g/mol. The zero-order chi connectivity index (χ0) is 16.9. The monoisotopic (exact) mass is 319 g/mol. The number of fused-ring (bicyclic) bond motifs is 3. The summed E-state index contributed by atoms with van der Waals surface area (Å²) in [6, 6.07) is 16.6. The zero-order valence-corrected chi connectivity index (χ0v) is 13.8. The Morgan fingerprint density at radius 2 is 1.75 bits per heavy atom. The van der Waals surface area contributed by atoms with Gasteiger partial charge in [0.1, 0.15) is 6.61 Å². The fourth-order valence-electron chi connectivity index (χ4n) is 3.18. The molecule has 1 aliphatic carbocycles. The van der Waals surface area contributed by atoms with Crippen molar-refractivity contribution in [3.63, 3.8) is 0 Å². The summed E-state index contributed by atoms with van der Waals surface area (Å²) < 4.78 is 5.46. The van der Waals surface area contributed by atoms with E-state index >= 15 is 0 Å². The van der Waals surface area contributed by atoms with Crippen LogP contribution in [0.3, 0.4) is 0 Å². The number of hydrogen-bond donors (Lipinski definition) is 1. The van der Waals surface area contributed by atoms with Crippen LogP contribution in [0.15, 0.2) is 48.5 Å². The van der Waals surface area contributed by atoms with Crippen molar-refractivity contribution >= 4 is 6.09 Å². The maximum Gasteiger partial charge on any atom is 0.407 e. The minimum Gasteiger partial charge on any atom is -0.449 e. The molecule has 1 unspecified atom stereocenters. The lowest BCUT2D eigenvalue weighted by molar-refractivity contribution is 0.142. The molecule has 0 aliphatic heterocycles. The van der Waals surface area contributed by atoms with E-state index in [2.05, 4.69) is 35.5 Å². The summed E-state index contributed by atoms with van der Waals surface area (Å²) in [7, 11) is 0. The predicted octanol–water partition coefficient (Wildman–Crippen LogP) is 4.18. The van der Waals surface area contributed by atoms with Gasteiger partial charge >= 0.3 is 6.09 Å². The van der Waals surface area contributed by atoms with Crippen LogP contribution >= 0.6 is 0 Å². The molecule has 3 nitrogen and oxygen atoms in total. The van der Waals surface area contributed by atoms with Gasteiger partial charge in [0.2, 0.25) is 0 Å². The summed E-state index contributed by atoms with van der Waals surface area (Å²) in [5.41, 5.74) is 4.86. The van der Waals surface area contributed by atoms with Gasteiger partial charge in [0.05, 0.1) is 0 Å². The number of hydrogen-bond acceptors (Lipinski definition) is 2. The Kier molecular flexibility index (Phi) is 4.86. The van der Waals surface area contributed by atoms with Gasteiger partial charge in [0.25, 0.3) is 0 Å². The second kappa shape index (κ2) is 7.23. The number of rotatable bonds is 5. The Balaban J connectivity index is 1.68. The summed E-state index contributed by atoms with van der Waals surface area (Å²) in [5, 5.41) is 2.75. The molecule has 122 valence electrons. The van der Waals surface area contributed by atoms with Gasteiger partial charge in [-0.3, -0.25) is 0 Å². The van der Waals surface area contributed by atoms with Gasteiger partial charge in [-0.25, -0.2) is 4.79 Å². The Hall–Kier alpha value is -2.73. The molecule has 2 aromatic carbocycles. The molecule has 1 atom stereocenters. The molecule has 0 spiro atoms. The van der Waals surface area contributed by atoms with Gasteiger partial charge in [0, 0.05) is 18.4 Å². The molecule has 3 rings (SSSR count). The Labute approximate surface area is 143 Å². The smallest absolute Gasteiger partial charge is 0.407 e. The molecular weight excluding hydrogens is 298 g/mol. The highest BCUT2D eigenvalue weighted by Crippen LogP contribution is 2.44. The number of ether oxygens (including phenoxy) is 1. The first-order valence-electron chi connectivity index (χ1n) is 8.29. The van der Waals surface area contributed by atoms with E-state index in [1.54, 1.807) is 0 Å². The van der Waals surface area contributed by atoms with Crippen molar-refractivity contribution in [1.82, 2.24) is 5.32 Å². The number of alkyl carbamates (subject to hydrolysis) is 1. The van der Waals surface area contributed by atoms with Gasteiger partial charge in [-0.1, -0.05) is 55.5 Å². The lowest BCUT2D eigenvalue weighted by Crippen LogP contribution is -2.30. The molecule has 1 amide bonds. The third-order valence-corrected chi connectivity index (χ3v) is 4.56. The number of benzene rings is 2. The molecule has 0 bridgehead atoms. The van der Waals surface area contributed by atoms with Crippen molar-refractivity contribution in [3.05, 3.63) is 59.7 Å². The van der Waals surface area contributed by atoms with Crippen LogP contribution in [0.4, 0.5) is 4.79 Å². The van der Waals surface area contributed by atoms with E-state index < -0.39 is 6.09 Å². The Bertz CT molecular complexity index is 730. The van der Waals surface area contributed by atoms with E-state index in [0.29, 0.717) is 13.2 Å². The van der Waals surface area contributed by atoms with Gasteiger partial charge in [-0.15, -0.1) is 12.3 Å². The second-order valence-corrected chi connectivity index (χ2v) is 5.98. The number of carbonyl (C=O) groups is 1. The van der Waals surface area contributed by atoms with Gasteiger partial charge in [-0.05, 0) is 28.7 Å². The lowest BCUT2D eigenvalue weighted by atomic mass is 9.98. The molecule has 2 aromatic rings. The molecule has 0 heterocycles. The first-order valence-corrected chi connectivity index (χ1v) is 8.29. The highest BCUT2D eigenvalue weighted by molar-refractivity contribution is 5.79. The van der Waals surface area contributed by atoms with Crippen LogP contribution in [0.5, 0.6) is 0 Å². The van der Waals surface area contributed by atoms with Crippen LogP contribution in [0.1, 0.15) is 30.4 Å². The van der Waals surface area contributed by atoms with Crippen molar-refractivity contribution in [2.24, 2.45) is 5.92 Å². The Morgan fingerprint density at radius 1 is 1.17 bits per heavy atom. The molecule has 0 saturated heterocycles. The van der Waals surface area contributed by atoms with Crippen molar-refractivity contribution < 1.29 is 9.53 Å². The van der Waals surface area contributed by atoms with Crippen LogP contribution < -0.4 is 5.32 Å². The van der Waals surface area contributed by atoms with E-state index in [9.17, 15) is 4.79 Å². The van der Waals surface area contributed by atoms with E-state index in [1.807, 2.05) is 31.2 Å². The number of amides is 1. The number of carbonyl (C=O) groups excluding carboxylic acids is 1. The first kappa shape index (κ1) is 16.1. The maximum atomic E-state index is 12.0. The first-order chi connectivity index (χ1) is 11.7. The molecule has 1 N–H and O–H groups in total. The number of terminal acetylenes is 1. The van der Waals surface area contributed by atoms with E-state index in [1.165, 1.54) is 22.3 Å². The van der Waals surface area contributed by atoms with Crippen molar-refractivity contribution in [2.75, 3.05) is 13.2 Å². The van der Waals surface area contributed by atoms with Crippen LogP contribution in [0.25, 0.3) is 11.1 Å². The summed E-state index contributed by atoms with van der Waals surface area (Å²) >= 11 is 0. The SMILES string of the molecule is C#CC(CC)CNC(=O)OCC1c2ccccc2-c2ccccc21. The van der Waals surface area contributed by atoms with Gasteiger partial charge in [0.15, 0.2) is 0 Å². The molecule has 1 aliphatic rings. The average Bonchev–Trinajstić information content (AvgIpc) is 2.95.